The fourth-order valence-electron chi connectivity index (χ4n) is 2.29. The van der Waals surface area contributed by atoms with Gasteiger partial charge < -0.3 is 11.1 Å². The zero-order chi connectivity index (χ0) is 15.7. The van der Waals surface area contributed by atoms with E-state index in [0.717, 1.165) is 37.5 Å². The number of hydrogen-bond donors (Lipinski definition) is 2. The first-order chi connectivity index (χ1) is 9.77. The summed E-state index contributed by atoms with van der Waals surface area (Å²) in [6, 6.07) is 2.80. The van der Waals surface area contributed by atoms with Crippen LogP contribution in [0.15, 0.2) is 18.2 Å². The molecule has 0 heterocycles. The maximum Gasteiger partial charge on any atom is 0.416 e. The van der Waals surface area contributed by atoms with E-state index in [2.05, 4.69) is 5.32 Å². The molecule has 0 atom stereocenters. The van der Waals surface area contributed by atoms with E-state index in [1.165, 1.54) is 0 Å². The van der Waals surface area contributed by atoms with Crippen LogP contribution in [0.4, 0.5) is 18.9 Å². The minimum absolute atomic E-state index is 0.0199. The third-order valence-corrected chi connectivity index (χ3v) is 5.31. The molecule has 0 radical (unpaired) electrons. The van der Waals surface area contributed by atoms with Gasteiger partial charge in [-0.15, -0.1) is 0 Å². The van der Waals surface area contributed by atoms with Gasteiger partial charge in [0.05, 0.1) is 11.1 Å². The molecule has 116 valence electrons. The number of hydrogen-bond acceptors (Lipinski definition) is 3. The summed E-state index contributed by atoms with van der Waals surface area (Å²) in [7, 11) is 0. The van der Waals surface area contributed by atoms with Crippen molar-refractivity contribution in [3.8, 4) is 0 Å². The van der Waals surface area contributed by atoms with Crippen LogP contribution in [0, 0.1) is 0 Å². The van der Waals surface area contributed by atoms with Gasteiger partial charge in [0.15, 0.2) is 0 Å². The number of carbonyl (C=O) groups excluding carboxylic acids is 1. The summed E-state index contributed by atoms with van der Waals surface area (Å²) in [5, 5.41) is 2.71. The van der Waals surface area contributed by atoms with E-state index in [1.54, 1.807) is 11.8 Å². The predicted molar refractivity (Wildman–Crippen MR) is 78.3 cm³/mol. The fraction of sp³-hybridized carbons (Fsp3) is 0.500. The predicted octanol–water partition coefficient (Wildman–Crippen LogP) is 3.30. The number of nitrogens with two attached hydrogens (primary N) is 1. The van der Waals surface area contributed by atoms with Crippen molar-refractivity contribution in [3.05, 3.63) is 29.3 Å². The lowest BCUT2D eigenvalue weighted by Gasteiger charge is -2.40. The molecule has 0 unspecified atom stereocenters. The highest BCUT2D eigenvalue weighted by molar-refractivity contribution is 8.00. The van der Waals surface area contributed by atoms with Crippen molar-refractivity contribution in [1.82, 2.24) is 5.32 Å². The van der Waals surface area contributed by atoms with Crippen molar-refractivity contribution in [2.24, 2.45) is 0 Å². The lowest BCUT2D eigenvalue weighted by Crippen LogP contribution is -2.45. The third kappa shape index (κ3) is 3.45. The van der Waals surface area contributed by atoms with Gasteiger partial charge in [-0.1, -0.05) is 6.42 Å². The van der Waals surface area contributed by atoms with Gasteiger partial charge in [-0.25, -0.2) is 0 Å². The zero-order valence-electron chi connectivity index (χ0n) is 11.6. The molecule has 21 heavy (non-hydrogen) atoms. The van der Waals surface area contributed by atoms with Gasteiger partial charge in [0.25, 0.3) is 5.91 Å². The number of rotatable bonds is 4. The normalized spacial score (nSPS) is 17.1. The van der Waals surface area contributed by atoms with E-state index in [-0.39, 0.29) is 16.0 Å². The molecule has 3 nitrogen and oxygen atoms in total. The number of halogens is 3. The Hall–Kier alpha value is -1.37. The molecule has 7 heteroatoms. The largest absolute Gasteiger partial charge is 0.416 e. The molecule has 0 saturated heterocycles. The molecule has 0 aliphatic heterocycles. The number of amides is 1. The monoisotopic (exact) mass is 318 g/mol. The summed E-state index contributed by atoms with van der Waals surface area (Å²) < 4.78 is 38.1. The third-order valence-electron chi connectivity index (χ3n) is 3.89. The van der Waals surface area contributed by atoms with Crippen molar-refractivity contribution >= 4 is 23.4 Å². The van der Waals surface area contributed by atoms with Crippen LogP contribution in [0.1, 0.15) is 35.2 Å². The van der Waals surface area contributed by atoms with Gasteiger partial charge in [0.2, 0.25) is 0 Å². The molecule has 0 bridgehead atoms. The van der Waals surface area contributed by atoms with Gasteiger partial charge in [0, 0.05) is 17.0 Å². The van der Waals surface area contributed by atoms with E-state index >= 15 is 0 Å². The minimum Gasteiger partial charge on any atom is -0.398 e. The first kappa shape index (κ1) is 16.0. The van der Waals surface area contributed by atoms with Crippen LogP contribution in [0.3, 0.4) is 0 Å². The van der Waals surface area contributed by atoms with Gasteiger partial charge >= 0.3 is 6.18 Å². The number of nitrogen functional groups attached to an aromatic ring is 1. The second kappa shape index (κ2) is 5.79. The Morgan fingerprint density at radius 1 is 1.43 bits per heavy atom. The van der Waals surface area contributed by atoms with Gasteiger partial charge in [-0.2, -0.15) is 24.9 Å². The van der Waals surface area contributed by atoms with Crippen molar-refractivity contribution in [1.29, 1.82) is 0 Å². The average Bonchev–Trinajstić information content (AvgIpc) is 2.36. The Balaban J connectivity index is 2.11. The number of carbonyl (C=O) groups is 1. The number of anilines is 1. The highest BCUT2D eigenvalue weighted by Gasteiger charge is 2.36. The summed E-state index contributed by atoms with van der Waals surface area (Å²) in [4.78, 5) is 12.1. The van der Waals surface area contributed by atoms with Crippen molar-refractivity contribution in [2.45, 2.75) is 30.2 Å². The Labute approximate surface area is 125 Å². The van der Waals surface area contributed by atoms with Crippen molar-refractivity contribution in [2.75, 3.05) is 18.5 Å². The Kier molecular flexibility index (Phi) is 4.41. The summed E-state index contributed by atoms with van der Waals surface area (Å²) in [5.41, 5.74) is 4.67. The van der Waals surface area contributed by atoms with Crippen molar-refractivity contribution in [3.63, 3.8) is 0 Å². The Morgan fingerprint density at radius 3 is 2.57 bits per heavy atom. The highest BCUT2D eigenvalue weighted by Crippen LogP contribution is 2.42. The smallest absolute Gasteiger partial charge is 0.398 e. The summed E-state index contributed by atoms with van der Waals surface area (Å²) in [6.45, 7) is 0.447. The Morgan fingerprint density at radius 2 is 2.10 bits per heavy atom. The van der Waals surface area contributed by atoms with Crippen LogP contribution < -0.4 is 11.1 Å². The van der Waals surface area contributed by atoms with E-state index in [9.17, 15) is 18.0 Å². The van der Waals surface area contributed by atoms with Gasteiger partial charge in [0.1, 0.15) is 0 Å². The summed E-state index contributed by atoms with van der Waals surface area (Å²) in [5.74, 6) is -0.557. The average molecular weight is 318 g/mol. The molecular formula is C14H17F3N2OS. The number of thioether (sulfide) groups is 1. The lowest BCUT2D eigenvalue weighted by molar-refractivity contribution is -0.137. The molecule has 1 fully saturated rings. The van der Waals surface area contributed by atoms with Crippen LogP contribution in [-0.4, -0.2) is 23.5 Å². The molecule has 1 aliphatic rings. The molecule has 1 aromatic rings. The fourth-order valence-corrected chi connectivity index (χ4v) is 3.20. The first-order valence-corrected chi connectivity index (χ1v) is 7.80. The summed E-state index contributed by atoms with van der Waals surface area (Å²) in [6.07, 6.45) is 0.614. The molecule has 0 aromatic heterocycles. The number of nitrogens with one attached hydrogen (secondary N) is 1. The molecule has 0 spiro atoms. The maximum atomic E-state index is 12.7. The molecular weight excluding hydrogens is 301 g/mol. The maximum absolute atomic E-state index is 12.7. The van der Waals surface area contributed by atoms with Gasteiger partial charge in [-0.05, 0) is 37.3 Å². The molecule has 1 aromatic carbocycles. The highest BCUT2D eigenvalue weighted by atomic mass is 32.2. The Bertz CT molecular complexity index is 536. The molecule has 1 amide bonds. The van der Waals surface area contributed by atoms with Crippen LogP contribution in [0.2, 0.25) is 0 Å². The van der Waals surface area contributed by atoms with Gasteiger partial charge in [-0.3, -0.25) is 4.79 Å². The second-order valence-electron chi connectivity index (χ2n) is 5.22. The van der Waals surface area contributed by atoms with E-state index in [4.69, 9.17) is 5.73 Å². The van der Waals surface area contributed by atoms with Crippen molar-refractivity contribution < 1.29 is 18.0 Å². The number of alkyl halides is 3. The van der Waals surface area contributed by atoms with E-state index in [1.807, 2.05) is 6.26 Å². The first-order valence-electron chi connectivity index (χ1n) is 6.57. The van der Waals surface area contributed by atoms with E-state index < -0.39 is 17.6 Å². The molecule has 3 N–H and O–H groups in total. The lowest BCUT2D eigenvalue weighted by atomic mass is 9.84. The molecule has 1 aliphatic carbocycles. The second-order valence-corrected chi connectivity index (χ2v) is 6.50. The molecule has 1 saturated carbocycles. The SMILES string of the molecule is CSC1(CNC(=O)c2cc(C(F)(F)F)ccc2N)CCC1. The van der Waals surface area contributed by atoms with Crippen LogP contribution in [0.25, 0.3) is 0 Å². The quantitative estimate of drug-likeness (QED) is 0.838. The standard InChI is InChI=1S/C14H17F3N2OS/c1-21-13(5-2-6-13)8-19-12(20)10-7-9(14(15,16)17)3-4-11(10)18/h3-4,7H,2,5-6,8,18H2,1H3,(H,19,20). The van der Waals surface area contributed by atoms with Crippen LogP contribution >= 0.6 is 11.8 Å². The summed E-state index contributed by atoms with van der Waals surface area (Å²) >= 11 is 1.68. The molecule has 2 rings (SSSR count). The number of benzene rings is 1. The van der Waals surface area contributed by atoms with Crippen LogP contribution in [-0.2, 0) is 6.18 Å². The van der Waals surface area contributed by atoms with E-state index in [0.29, 0.717) is 6.54 Å². The topological polar surface area (TPSA) is 55.1 Å². The van der Waals surface area contributed by atoms with Crippen LogP contribution in [0.5, 0.6) is 0 Å². The minimum atomic E-state index is -4.49. The zero-order valence-corrected chi connectivity index (χ0v) is 12.4.